The van der Waals surface area contributed by atoms with Gasteiger partial charge in [0.1, 0.15) is 0 Å². The van der Waals surface area contributed by atoms with Crippen molar-refractivity contribution < 1.29 is 14.3 Å². The Morgan fingerprint density at radius 3 is 2.45 bits per heavy atom. The van der Waals surface area contributed by atoms with Crippen LogP contribution in [0.3, 0.4) is 0 Å². The summed E-state index contributed by atoms with van der Waals surface area (Å²) >= 11 is 0. The van der Waals surface area contributed by atoms with Crippen LogP contribution in [0.2, 0.25) is 0 Å². The van der Waals surface area contributed by atoms with Crippen molar-refractivity contribution in [3.63, 3.8) is 0 Å². The van der Waals surface area contributed by atoms with Crippen LogP contribution in [0.25, 0.3) is 0 Å². The van der Waals surface area contributed by atoms with Gasteiger partial charge in [-0.3, -0.25) is 9.59 Å². The molecular formula is C32H47N3O3. The van der Waals surface area contributed by atoms with E-state index < -0.39 is 0 Å². The molecular weight excluding hydrogens is 474 g/mol. The van der Waals surface area contributed by atoms with Crippen molar-refractivity contribution in [2.45, 2.75) is 78.1 Å². The first-order valence-electron chi connectivity index (χ1n) is 14.7. The minimum absolute atomic E-state index is 0.0130. The van der Waals surface area contributed by atoms with Crippen molar-refractivity contribution in [3.05, 3.63) is 59.7 Å². The third-order valence-electron chi connectivity index (χ3n) is 7.31. The molecule has 0 aliphatic carbocycles. The normalized spacial score (nSPS) is 13.9. The van der Waals surface area contributed by atoms with Crippen molar-refractivity contribution in [2.75, 3.05) is 43.1 Å². The Balaban J connectivity index is 1.63. The summed E-state index contributed by atoms with van der Waals surface area (Å²) in [5.74, 6) is 0.568. The number of nitrogens with zero attached hydrogens (tertiary/aromatic N) is 1. The van der Waals surface area contributed by atoms with Gasteiger partial charge < -0.3 is 20.3 Å². The first-order valence-corrected chi connectivity index (χ1v) is 14.7. The molecule has 1 aliphatic rings. The number of anilines is 2. The summed E-state index contributed by atoms with van der Waals surface area (Å²) in [6.45, 7) is 7.88. The van der Waals surface area contributed by atoms with E-state index in [0.717, 1.165) is 57.3 Å². The lowest BCUT2D eigenvalue weighted by molar-refractivity contribution is -0.116. The largest absolute Gasteiger partial charge is 0.382 e. The van der Waals surface area contributed by atoms with Crippen LogP contribution in [0.1, 0.15) is 87.6 Å². The number of unbranched alkanes of at least 4 members (excludes halogenated alkanes) is 4. The van der Waals surface area contributed by atoms with Crippen molar-refractivity contribution in [2.24, 2.45) is 5.92 Å². The Labute approximate surface area is 229 Å². The zero-order valence-corrected chi connectivity index (χ0v) is 23.5. The zero-order chi connectivity index (χ0) is 27.0. The van der Waals surface area contributed by atoms with Gasteiger partial charge in [-0.15, -0.1) is 0 Å². The number of carbonyl (C=O) groups excluding carboxylic acids is 2. The van der Waals surface area contributed by atoms with Crippen molar-refractivity contribution in [1.29, 1.82) is 0 Å². The third kappa shape index (κ3) is 10.1. The Morgan fingerprint density at radius 1 is 0.947 bits per heavy atom. The number of nitrogens with one attached hydrogen (secondary N) is 2. The lowest BCUT2D eigenvalue weighted by Crippen LogP contribution is -2.36. The van der Waals surface area contributed by atoms with Gasteiger partial charge in [0.2, 0.25) is 5.91 Å². The fourth-order valence-electron chi connectivity index (χ4n) is 5.13. The van der Waals surface area contributed by atoms with E-state index in [2.05, 4.69) is 52.8 Å². The average Bonchev–Trinajstić information content (AvgIpc) is 2.94. The van der Waals surface area contributed by atoms with Crippen LogP contribution < -0.4 is 15.5 Å². The summed E-state index contributed by atoms with van der Waals surface area (Å²) in [7, 11) is 0. The smallest absolute Gasteiger partial charge is 0.253 e. The zero-order valence-electron chi connectivity index (χ0n) is 23.5. The van der Waals surface area contributed by atoms with E-state index in [9.17, 15) is 9.59 Å². The van der Waals surface area contributed by atoms with E-state index in [1.807, 2.05) is 25.1 Å². The highest BCUT2D eigenvalue weighted by Gasteiger charge is 2.24. The summed E-state index contributed by atoms with van der Waals surface area (Å²) < 4.78 is 5.40. The Kier molecular flexibility index (Phi) is 13.2. The topological polar surface area (TPSA) is 70.7 Å². The number of ether oxygens (including phenoxy) is 1. The molecule has 0 radical (unpaired) electrons. The van der Waals surface area contributed by atoms with Crippen LogP contribution in [0.5, 0.6) is 0 Å². The molecule has 1 aliphatic heterocycles. The number of rotatable bonds is 16. The van der Waals surface area contributed by atoms with E-state index >= 15 is 0 Å². The van der Waals surface area contributed by atoms with Crippen molar-refractivity contribution >= 4 is 23.2 Å². The monoisotopic (exact) mass is 521 g/mol. The second kappa shape index (κ2) is 16.9. The van der Waals surface area contributed by atoms with Gasteiger partial charge in [-0.05, 0) is 68.7 Å². The summed E-state index contributed by atoms with van der Waals surface area (Å²) in [5, 5.41) is 6.07. The second-order valence-corrected chi connectivity index (χ2v) is 10.4. The summed E-state index contributed by atoms with van der Waals surface area (Å²) in [6, 6.07) is 16.5. The molecule has 1 saturated heterocycles. The van der Waals surface area contributed by atoms with Crippen molar-refractivity contribution in [1.82, 2.24) is 5.32 Å². The molecule has 3 rings (SSSR count). The molecule has 1 fully saturated rings. The quantitative estimate of drug-likeness (QED) is 0.244. The number of hydrogen-bond acceptors (Lipinski definition) is 4. The van der Waals surface area contributed by atoms with E-state index in [1.54, 1.807) is 0 Å². The van der Waals surface area contributed by atoms with Gasteiger partial charge in [-0.25, -0.2) is 0 Å². The van der Waals surface area contributed by atoms with Crippen LogP contribution in [0, 0.1) is 5.92 Å². The molecule has 0 aromatic heterocycles. The molecule has 6 nitrogen and oxygen atoms in total. The molecule has 2 aromatic rings. The fraction of sp³-hybridized carbons (Fsp3) is 0.562. The number of amides is 2. The minimum atomic E-state index is -0.0985. The van der Waals surface area contributed by atoms with Gasteiger partial charge in [0.25, 0.3) is 5.91 Å². The Hall–Kier alpha value is -2.86. The van der Waals surface area contributed by atoms with Crippen LogP contribution in [-0.2, 0) is 16.0 Å². The Bertz CT molecular complexity index is 971. The molecule has 2 N–H and O–H groups in total. The fourth-order valence-corrected chi connectivity index (χ4v) is 5.13. The maximum atomic E-state index is 13.3. The Morgan fingerprint density at radius 2 is 1.71 bits per heavy atom. The van der Waals surface area contributed by atoms with Gasteiger partial charge in [0, 0.05) is 50.6 Å². The standard InChI is InChI=1S/C32H47N3O3/c1-3-5-6-7-11-15-31(36)34-28-16-17-30(29(25-28)32(37)33-20-12-23-38-4-2)35-21-18-27(19-22-35)24-26-13-9-8-10-14-26/h8-10,13-14,16-17,25,27H,3-7,11-12,15,18-24H2,1-2H3,(H,33,37)(H,34,36). The molecule has 2 amide bonds. The van der Waals surface area contributed by atoms with E-state index in [-0.39, 0.29) is 11.8 Å². The molecule has 208 valence electrons. The first kappa shape index (κ1) is 29.7. The highest BCUT2D eigenvalue weighted by Crippen LogP contribution is 2.30. The average molecular weight is 522 g/mol. The highest BCUT2D eigenvalue weighted by molar-refractivity contribution is 6.02. The molecule has 0 unspecified atom stereocenters. The maximum Gasteiger partial charge on any atom is 0.253 e. The van der Waals surface area contributed by atoms with Gasteiger partial charge >= 0.3 is 0 Å². The molecule has 6 heteroatoms. The minimum Gasteiger partial charge on any atom is -0.382 e. The molecule has 0 saturated carbocycles. The van der Waals surface area contributed by atoms with E-state index in [1.165, 1.54) is 24.8 Å². The van der Waals surface area contributed by atoms with E-state index in [0.29, 0.717) is 43.3 Å². The van der Waals surface area contributed by atoms with Gasteiger partial charge in [-0.1, -0.05) is 62.9 Å². The number of piperidine rings is 1. The summed E-state index contributed by atoms with van der Waals surface area (Å²) in [6.07, 6.45) is 10.1. The van der Waals surface area contributed by atoms with Crippen LogP contribution >= 0.6 is 0 Å². The van der Waals surface area contributed by atoms with Crippen LogP contribution in [0.15, 0.2) is 48.5 Å². The van der Waals surface area contributed by atoms with Gasteiger partial charge in [-0.2, -0.15) is 0 Å². The summed E-state index contributed by atoms with van der Waals surface area (Å²) in [4.78, 5) is 28.1. The predicted octanol–water partition coefficient (Wildman–Crippen LogP) is 6.60. The second-order valence-electron chi connectivity index (χ2n) is 10.4. The number of carbonyl (C=O) groups is 2. The van der Waals surface area contributed by atoms with Crippen LogP contribution in [0.4, 0.5) is 11.4 Å². The predicted molar refractivity (Wildman–Crippen MR) is 157 cm³/mol. The van der Waals surface area contributed by atoms with Crippen molar-refractivity contribution in [3.8, 4) is 0 Å². The molecule has 1 heterocycles. The molecule has 2 aromatic carbocycles. The molecule has 0 atom stereocenters. The summed E-state index contributed by atoms with van der Waals surface area (Å²) in [5.41, 5.74) is 3.65. The lowest BCUT2D eigenvalue weighted by atomic mass is 9.89. The lowest BCUT2D eigenvalue weighted by Gasteiger charge is -2.35. The van der Waals surface area contributed by atoms with Gasteiger partial charge in [0.05, 0.1) is 5.56 Å². The van der Waals surface area contributed by atoms with Gasteiger partial charge in [0.15, 0.2) is 0 Å². The van der Waals surface area contributed by atoms with Crippen LogP contribution in [-0.4, -0.2) is 44.7 Å². The molecule has 0 bridgehead atoms. The first-order chi connectivity index (χ1) is 18.6. The maximum absolute atomic E-state index is 13.3. The SMILES string of the molecule is CCCCCCCC(=O)Nc1ccc(N2CCC(Cc3ccccc3)CC2)c(C(=O)NCCCOCC)c1. The number of benzene rings is 2. The van der Waals surface area contributed by atoms with E-state index in [4.69, 9.17) is 4.74 Å². The molecule has 38 heavy (non-hydrogen) atoms. The molecule has 0 spiro atoms. The third-order valence-corrected chi connectivity index (χ3v) is 7.31. The highest BCUT2D eigenvalue weighted by atomic mass is 16.5. The number of hydrogen-bond donors (Lipinski definition) is 2.